The van der Waals surface area contributed by atoms with Gasteiger partial charge in [0.1, 0.15) is 0 Å². The minimum atomic E-state index is -0.626. The lowest BCUT2D eigenvalue weighted by atomic mass is 10.3. The number of hydrogen-bond donors (Lipinski definition) is 1. The molecule has 4 nitrogen and oxygen atoms in total. The number of rotatable bonds is 1. The molecule has 11 heavy (non-hydrogen) atoms. The van der Waals surface area contributed by atoms with Gasteiger partial charge in [0, 0.05) is 5.69 Å². The van der Waals surface area contributed by atoms with E-state index >= 15 is 0 Å². The first-order valence-electron chi connectivity index (χ1n) is 3.02. The highest BCUT2D eigenvalue weighted by Crippen LogP contribution is 1.88. The third kappa shape index (κ3) is 2.23. The van der Waals surface area contributed by atoms with Crippen molar-refractivity contribution in [3.05, 3.63) is 28.4 Å². The standard InChI is InChI=1S/C6H8N2O2.ClH/c1-2-5-3-4-8(10)6(9)7-5;/h3-4,10H,2H2,1H3;1H. The van der Waals surface area contributed by atoms with Crippen LogP contribution in [0.5, 0.6) is 0 Å². The van der Waals surface area contributed by atoms with Gasteiger partial charge in [-0.25, -0.2) is 4.79 Å². The van der Waals surface area contributed by atoms with Crippen molar-refractivity contribution in [2.75, 3.05) is 0 Å². The Morgan fingerprint density at radius 3 is 2.82 bits per heavy atom. The fraction of sp³-hybridized carbons (Fsp3) is 0.333. The summed E-state index contributed by atoms with van der Waals surface area (Å²) in [5.41, 5.74) is 0.0645. The first-order valence-corrected chi connectivity index (χ1v) is 3.02. The molecule has 0 amide bonds. The maximum absolute atomic E-state index is 10.6. The van der Waals surface area contributed by atoms with Crippen LogP contribution in [0.2, 0.25) is 0 Å². The topological polar surface area (TPSA) is 55.1 Å². The molecule has 1 heterocycles. The Morgan fingerprint density at radius 1 is 1.73 bits per heavy atom. The highest BCUT2D eigenvalue weighted by Gasteiger charge is 1.93. The van der Waals surface area contributed by atoms with E-state index < -0.39 is 5.69 Å². The zero-order valence-electron chi connectivity index (χ0n) is 6.02. The van der Waals surface area contributed by atoms with Gasteiger partial charge in [-0.2, -0.15) is 4.98 Å². The van der Waals surface area contributed by atoms with E-state index in [1.165, 1.54) is 6.20 Å². The van der Waals surface area contributed by atoms with Crippen LogP contribution in [0.15, 0.2) is 17.1 Å². The second-order valence-corrected chi connectivity index (χ2v) is 1.90. The predicted octanol–water partition coefficient (Wildman–Crippen LogP) is 0.465. The van der Waals surface area contributed by atoms with Crippen molar-refractivity contribution in [3.8, 4) is 0 Å². The van der Waals surface area contributed by atoms with Crippen molar-refractivity contribution < 1.29 is 5.21 Å². The largest absolute Gasteiger partial charge is 0.424 e. The third-order valence-electron chi connectivity index (χ3n) is 1.21. The maximum Gasteiger partial charge on any atom is 0.380 e. The second-order valence-electron chi connectivity index (χ2n) is 1.90. The van der Waals surface area contributed by atoms with Crippen LogP contribution in [-0.2, 0) is 6.42 Å². The fourth-order valence-electron chi connectivity index (χ4n) is 0.629. The van der Waals surface area contributed by atoms with Crippen LogP contribution < -0.4 is 5.69 Å². The number of halogens is 1. The zero-order valence-corrected chi connectivity index (χ0v) is 6.84. The van der Waals surface area contributed by atoms with E-state index in [-0.39, 0.29) is 12.4 Å². The van der Waals surface area contributed by atoms with Crippen LogP contribution in [-0.4, -0.2) is 14.9 Å². The Kier molecular flexibility index (Phi) is 3.60. The molecule has 0 aliphatic carbocycles. The summed E-state index contributed by atoms with van der Waals surface area (Å²) in [5, 5.41) is 8.68. The van der Waals surface area contributed by atoms with E-state index in [1.807, 2.05) is 6.92 Å². The molecular weight excluding hydrogens is 168 g/mol. The minimum Gasteiger partial charge on any atom is -0.424 e. The van der Waals surface area contributed by atoms with Gasteiger partial charge >= 0.3 is 5.69 Å². The number of hydrogen-bond acceptors (Lipinski definition) is 3. The van der Waals surface area contributed by atoms with Gasteiger partial charge in [0.25, 0.3) is 0 Å². The van der Waals surface area contributed by atoms with Gasteiger partial charge < -0.3 is 5.21 Å². The molecule has 0 saturated heterocycles. The van der Waals surface area contributed by atoms with E-state index in [0.29, 0.717) is 16.8 Å². The van der Waals surface area contributed by atoms with Gasteiger partial charge in [-0.05, 0) is 12.5 Å². The molecule has 1 rings (SSSR count). The summed E-state index contributed by atoms with van der Waals surface area (Å²) in [6, 6.07) is 1.60. The first-order chi connectivity index (χ1) is 4.74. The molecular formula is C6H9ClN2O2. The lowest BCUT2D eigenvalue weighted by Crippen LogP contribution is -2.20. The average molecular weight is 177 g/mol. The van der Waals surface area contributed by atoms with Crippen LogP contribution in [0.1, 0.15) is 12.6 Å². The van der Waals surface area contributed by atoms with Crippen molar-refractivity contribution in [2.24, 2.45) is 0 Å². The third-order valence-corrected chi connectivity index (χ3v) is 1.21. The van der Waals surface area contributed by atoms with Crippen molar-refractivity contribution >= 4 is 12.4 Å². The normalized spacial score (nSPS) is 8.82. The lowest BCUT2D eigenvalue weighted by Gasteiger charge is -1.94. The van der Waals surface area contributed by atoms with Crippen LogP contribution in [0, 0.1) is 0 Å². The van der Waals surface area contributed by atoms with Gasteiger partial charge in [0.15, 0.2) is 0 Å². The van der Waals surface area contributed by atoms with Gasteiger partial charge in [0.05, 0.1) is 6.20 Å². The van der Waals surface area contributed by atoms with Gasteiger partial charge in [-0.1, -0.05) is 6.92 Å². The van der Waals surface area contributed by atoms with E-state index in [1.54, 1.807) is 6.07 Å². The molecule has 0 radical (unpaired) electrons. The predicted molar refractivity (Wildman–Crippen MR) is 42.3 cm³/mol. The summed E-state index contributed by atoms with van der Waals surface area (Å²) < 4.78 is 0.457. The monoisotopic (exact) mass is 176 g/mol. The lowest BCUT2D eigenvalue weighted by molar-refractivity contribution is 0.169. The highest BCUT2D eigenvalue weighted by molar-refractivity contribution is 5.85. The van der Waals surface area contributed by atoms with Crippen molar-refractivity contribution in [1.82, 2.24) is 9.71 Å². The average Bonchev–Trinajstić information content (AvgIpc) is 1.95. The number of nitrogens with zero attached hydrogens (tertiary/aromatic N) is 2. The van der Waals surface area contributed by atoms with Crippen molar-refractivity contribution in [2.45, 2.75) is 13.3 Å². The summed E-state index contributed by atoms with van der Waals surface area (Å²) in [6.45, 7) is 1.89. The zero-order chi connectivity index (χ0) is 7.56. The molecule has 0 aromatic carbocycles. The molecule has 1 N–H and O–H groups in total. The Labute approximate surface area is 69.9 Å². The fourth-order valence-corrected chi connectivity index (χ4v) is 0.629. The molecule has 0 aliphatic heterocycles. The molecule has 62 valence electrons. The van der Waals surface area contributed by atoms with Gasteiger partial charge in [-0.3, -0.25) is 0 Å². The SMILES string of the molecule is CCc1ccn(O)c(=O)n1.Cl. The summed E-state index contributed by atoms with van der Waals surface area (Å²) in [4.78, 5) is 14.1. The summed E-state index contributed by atoms with van der Waals surface area (Å²) in [5.74, 6) is 0. The van der Waals surface area contributed by atoms with Crippen LogP contribution >= 0.6 is 12.4 Å². The summed E-state index contributed by atoms with van der Waals surface area (Å²) >= 11 is 0. The summed E-state index contributed by atoms with van der Waals surface area (Å²) in [6.07, 6.45) is 1.99. The van der Waals surface area contributed by atoms with Crippen LogP contribution in [0.25, 0.3) is 0 Å². The van der Waals surface area contributed by atoms with E-state index in [4.69, 9.17) is 5.21 Å². The van der Waals surface area contributed by atoms with E-state index in [9.17, 15) is 4.79 Å². The first kappa shape index (κ1) is 9.97. The summed E-state index contributed by atoms with van der Waals surface area (Å²) in [7, 11) is 0. The molecule has 0 atom stereocenters. The molecule has 0 spiro atoms. The molecule has 0 unspecified atom stereocenters. The Morgan fingerprint density at radius 2 is 2.36 bits per heavy atom. The molecule has 1 aromatic heterocycles. The maximum atomic E-state index is 10.6. The highest BCUT2D eigenvalue weighted by atomic mass is 35.5. The van der Waals surface area contributed by atoms with Crippen molar-refractivity contribution in [1.29, 1.82) is 0 Å². The molecule has 5 heteroatoms. The van der Waals surface area contributed by atoms with E-state index in [2.05, 4.69) is 4.98 Å². The molecule has 0 fully saturated rings. The van der Waals surface area contributed by atoms with Crippen LogP contribution in [0.4, 0.5) is 0 Å². The molecule has 0 aliphatic rings. The Hall–Kier alpha value is -1.03. The second kappa shape index (κ2) is 3.98. The number of aromatic nitrogens is 2. The molecule has 0 saturated carbocycles. The van der Waals surface area contributed by atoms with Gasteiger partial charge in [0.2, 0.25) is 0 Å². The van der Waals surface area contributed by atoms with E-state index in [0.717, 1.165) is 0 Å². The quantitative estimate of drug-likeness (QED) is 0.633. The smallest absolute Gasteiger partial charge is 0.380 e. The Balaban J connectivity index is 0.000001000. The molecule has 0 bridgehead atoms. The molecule has 1 aromatic rings. The van der Waals surface area contributed by atoms with Gasteiger partial charge in [-0.15, -0.1) is 17.1 Å². The van der Waals surface area contributed by atoms with Crippen molar-refractivity contribution in [3.63, 3.8) is 0 Å². The Bertz CT molecular complexity index is 284. The number of aryl methyl sites for hydroxylation is 1. The minimum absolute atomic E-state index is 0. The van der Waals surface area contributed by atoms with Crippen LogP contribution in [0.3, 0.4) is 0 Å².